The molecule has 0 aromatic rings. The second kappa shape index (κ2) is 4.39. The second-order valence-corrected chi connectivity index (χ2v) is 9.21. The molecule has 0 saturated heterocycles. The van der Waals surface area contributed by atoms with E-state index in [0.717, 1.165) is 4.75 Å². The molecule has 0 heterocycles. The van der Waals surface area contributed by atoms with Gasteiger partial charge in [-0.2, -0.15) is 0 Å². The Morgan fingerprint density at radius 2 is 2.00 bits per heavy atom. The fourth-order valence-corrected chi connectivity index (χ4v) is 3.91. The van der Waals surface area contributed by atoms with Crippen molar-refractivity contribution in [3.63, 3.8) is 0 Å². The van der Waals surface area contributed by atoms with E-state index in [0.29, 0.717) is 0 Å². The Hall–Kier alpha value is 0.503. The molecule has 0 aliphatic carbocycles. The van der Waals surface area contributed by atoms with Crippen LogP contribution in [0.5, 0.6) is 0 Å². The molecule has 0 saturated carbocycles. The molecule has 2 heteroatoms. The average molecular weight is 176 g/mol. The van der Waals surface area contributed by atoms with Gasteiger partial charge in [-0.3, -0.25) is 0 Å². The fraction of sp³-hybridized carbons (Fsp3) is 1.00. The standard InChI is InChI=1S/C6H17GeN/c1-5-8(4)7-6(2)3/h6H,5,7H2,1-4H3. The summed E-state index contributed by atoms with van der Waals surface area (Å²) in [6, 6.07) is 0. The molecule has 0 radical (unpaired) electrons. The summed E-state index contributed by atoms with van der Waals surface area (Å²) in [7, 11) is 2.24. The van der Waals surface area contributed by atoms with Crippen LogP contribution in [-0.4, -0.2) is 33.1 Å². The van der Waals surface area contributed by atoms with Gasteiger partial charge in [0.05, 0.1) is 0 Å². The van der Waals surface area contributed by atoms with Crippen LogP contribution in [0.25, 0.3) is 0 Å². The maximum atomic E-state index is 2.51. The van der Waals surface area contributed by atoms with Crippen LogP contribution in [0.15, 0.2) is 0 Å². The Morgan fingerprint density at radius 1 is 1.50 bits per heavy atom. The first-order chi connectivity index (χ1) is 3.66. The quantitative estimate of drug-likeness (QED) is 0.576. The molecule has 0 N–H and O–H groups in total. The summed E-state index contributed by atoms with van der Waals surface area (Å²) in [5.41, 5.74) is 0. The topological polar surface area (TPSA) is 3.24 Å². The molecule has 8 heavy (non-hydrogen) atoms. The monoisotopic (exact) mass is 177 g/mol. The van der Waals surface area contributed by atoms with Crippen LogP contribution in [0.1, 0.15) is 20.8 Å². The minimum atomic E-state index is -0.286. The molecule has 0 aromatic heterocycles. The molecule has 0 bridgehead atoms. The zero-order valence-corrected chi connectivity index (χ0v) is 9.41. The first kappa shape index (κ1) is 8.50. The summed E-state index contributed by atoms with van der Waals surface area (Å²) < 4.78 is 3.50. The van der Waals surface area contributed by atoms with Gasteiger partial charge in [0.15, 0.2) is 0 Å². The van der Waals surface area contributed by atoms with Crippen LogP contribution in [0, 0.1) is 0 Å². The minimum absolute atomic E-state index is 0.286. The van der Waals surface area contributed by atoms with Gasteiger partial charge in [0.25, 0.3) is 0 Å². The van der Waals surface area contributed by atoms with Gasteiger partial charge >= 0.3 is 58.6 Å². The van der Waals surface area contributed by atoms with Crippen molar-refractivity contribution in [3.05, 3.63) is 0 Å². The molecule has 0 aliphatic heterocycles. The molecular formula is C6H17GeN. The van der Waals surface area contributed by atoms with E-state index in [-0.39, 0.29) is 15.7 Å². The van der Waals surface area contributed by atoms with Gasteiger partial charge in [0, 0.05) is 0 Å². The van der Waals surface area contributed by atoms with Gasteiger partial charge in [0.1, 0.15) is 0 Å². The van der Waals surface area contributed by atoms with E-state index in [2.05, 4.69) is 31.7 Å². The van der Waals surface area contributed by atoms with E-state index in [1.165, 1.54) is 6.54 Å². The van der Waals surface area contributed by atoms with Crippen molar-refractivity contribution >= 4 is 15.7 Å². The molecule has 0 atom stereocenters. The van der Waals surface area contributed by atoms with Crippen LogP contribution in [0.3, 0.4) is 0 Å². The van der Waals surface area contributed by atoms with Crippen molar-refractivity contribution in [3.8, 4) is 0 Å². The molecule has 0 aliphatic rings. The Balaban J connectivity index is 3.10. The van der Waals surface area contributed by atoms with Crippen molar-refractivity contribution in [1.82, 2.24) is 3.86 Å². The third kappa shape index (κ3) is 4.66. The summed E-state index contributed by atoms with van der Waals surface area (Å²) in [4.78, 5) is 0. The fourth-order valence-electron chi connectivity index (χ4n) is 0.752. The number of hydrogen-bond donors (Lipinski definition) is 0. The second-order valence-electron chi connectivity index (χ2n) is 2.75. The van der Waals surface area contributed by atoms with Crippen LogP contribution in [0.4, 0.5) is 0 Å². The summed E-state index contributed by atoms with van der Waals surface area (Å²) >= 11 is -0.286. The Labute approximate surface area is 59.1 Å². The molecular weight excluding hydrogens is 159 g/mol. The summed E-state index contributed by atoms with van der Waals surface area (Å²) in [5.74, 6) is 0. The van der Waals surface area contributed by atoms with Gasteiger partial charge in [0.2, 0.25) is 0 Å². The van der Waals surface area contributed by atoms with Crippen LogP contribution in [-0.2, 0) is 0 Å². The molecule has 0 spiro atoms. The van der Waals surface area contributed by atoms with Crippen molar-refractivity contribution in [2.24, 2.45) is 0 Å². The van der Waals surface area contributed by atoms with Crippen molar-refractivity contribution in [2.75, 3.05) is 13.6 Å². The normalized spacial score (nSPS) is 12.8. The zero-order valence-electron chi connectivity index (χ0n) is 6.44. The van der Waals surface area contributed by atoms with Crippen molar-refractivity contribution < 1.29 is 0 Å². The molecule has 0 aromatic carbocycles. The van der Waals surface area contributed by atoms with E-state index < -0.39 is 0 Å². The third-order valence-electron chi connectivity index (χ3n) is 1.22. The van der Waals surface area contributed by atoms with Gasteiger partial charge in [-0.15, -0.1) is 0 Å². The van der Waals surface area contributed by atoms with Crippen LogP contribution >= 0.6 is 0 Å². The summed E-state index contributed by atoms with van der Waals surface area (Å²) in [6.07, 6.45) is 0. The van der Waals surface area contributed by atoms with Crippen molar-refractivity contribution in [2.45, 2.75) is 25.5 Å². The van der Waals surface area contributed by atoms with Crippen LogP contribution in [0.2, 0.25) is 4.75 Å². The van der Waals surface area contributed by atoms with E-state index in [1.54, 1.807) is 0 Å². The molecule has 1 nitrogen and oxygen atoms in total. The number of rotatable bonds is 3. The zero-order chi connectivity index (χ0) is 6.57. The molecule has 50 valence electrons. The van der Waals surface area contributed by atoms with Gasteiger partial charge in [-0.1, -0.05) is 0 Å². The van der Waals surface area contributed by atoms with Crippen LogP contribution < -0.4 is 0 Å². The summed E-state index contributed by atoms with van der Waals surface area (Å²) in [6.45, 7) is 8.13. The first-order valence-corrected chi connectivity index (χ1v) is 6.39. The van der Waals surface area contributed by atoms with E-state index in [4.69, 9.17) is 0 Å². The van der Waals surface area contributed by atoms with Gasteiger partial charge in [-0.25, -0.2) is 0 Å². The van der Waals surface area contributed by atoms with Crippen molar-refractivity contribution in [1.29, 1.82) is 0 Å². The predicted molar refractivity (Wildman–Crippen MR) is 41.9 cm³/mol. The molecule has 0 fully saturated rings. The third-order valence-corrected chi connectivity index (χ3v) is 4.99. The summed E-state index contributed by atoms with van der Waals surface area (Å²) in [5, 5.41) is 0. The average Bonchev–Trinajstić information content (AvgIpc) is 1.65. The predicted octanol–water partition coefficient (Wildman–Crippen LogP) is 0.850. The Kier molecular flexibility index (Phi) is 4.66. The molecule has 0 unspecified atom stereocenters. The van der Waals surface area contributed by atoms with E-state index >= 15 is 0 Å². The van der Waals surface area contributed by atoms with E-state index in [9.17, 15) is 0 Å². The Bertz CT molecular complexity index is 54.5. The SMILES string of the molecule is CC[N](C)[GeH2][CH](C)C. The Morgan fingerprint density at radius 3 is 2.12 bits per heavy atom. The molecule has 0 amide bonds. The van der Waals surface area contributed by atoms with Gasteiger partial charge < -0.3 is 0 Å². The number of nitrogens with zero attached hydrogens (tertiary/aromatic N) is 1. The number of hydrogen-bond acceptors (Lipinski definition) is 1. The van der Waals surface area contributed by atoms with Gasteiger partial charge in [-0.05, 0) is 0 Å². The maximum absolute atomic E-state index is 2.51. The van der Waals surface area contributed by atoms with E-state index in [1.807, 2.05) is 0 Å². The molecule has 0 rings (SSSR count). The first-order valence-electron chi connectivity index (χ1n) is 3.35.